The van der Waals surface area contributed by atoms with Crippen molar-refractivity contribution in [2.75, 3.05) is 6.61 Å². The Bertz CT molecular complexity index is 377. The van der Waals surface area contributed by atoms with Gasteiger partial charge in [-0.3, -0.25) is 4.79 Å². The minimum absolute atomic E-state index is 0.00139. The normalized spacial score (nSPS) is 12.1. The molecule has 2 nitrogen and oxygen atoms in total. The summed E-state index contributed by atoms with van der Waals surface area (Å²) in [7, 11) is 0. The van der Waals surface area contributed by atoms with E-state index in [1.165, 1.54) is 128 Å². The second kappa shape index (κ2) is 25.5. The quantitative estimate of drug-likeness (QED) is 0.0808. The Morgan fingerprint density at radius 2 is 1.06 bits per heavy atom. The standard InChI is InChI=1S/C29H56O2/c1-4-7-10-12-14-16-17-19-21-23-25-28(27-29(30)31-26-9-6-3)24-22-20-18-15-13-11-8-5-2/h6,28H,3-5,7-27H2,1-2H3. The van der Waals surface area contributed by atoms with Gasteiger partial charge in [-0.2, -0.15) is 0 Å². The molecule has 0 aromatic rings. The van der Waals surface area contributed by atoms with Crippen molar-refractivity contribution in [3.05, 3.63) is 12.7 Å². The summed E-state index contributed by atoms with van der Waals surface area (Å²) < 4.78 is 5.38. The van der Waals surface area contributed by atoms with Gasteiger partial charge < -0.3 is 4.74 Å². The topological polar surface area (TPSA) is 26.3 Å². The van der Waals surface area contributed by atoms with Crippen LogP contribution in [0.3, 0.4) is 0 Å². The molecule has 1 atom stereocenters. The molecule has 31 heavy (non-hydrogen) atoms. The van der Waals surface area contributed by atoms with E-state index < -0.39 is 0 Å². The van der Waals surface area contributed by atoms with Crippen molar-refractivity contribution >= 4 is 5.97 Å². The summed E-state index contributed by atoms with van der Waals surface area (Å²) in [5.41, 5.74) is 0. The van der Waals surface area contributed by atoms with Crippen LogP contribution in [0.2, 0.25) is 0 Å². The summed E-state index contributed by atoms with van der Waals surface area (Å²) in [6, 6.07) is 0. The number of esters is 1. The first-order valence-corrected chi connectivity index (χ1v) is 14.0. The van der Waals surface area contributed by atoms with Crippen molar-refractivity contribution in [1.82, 2.24) is 0 Å². The van der Waals surface area contributed by atoms with E-state index in [0.29, 0.717) is 18.9 Å². The predicted molar refractivity (Wildman–Crippen MR) is 138 cm³/mol. The first kappa shape index (κ1) is 30.2. The second-order valence-electron chi connectivity index (χ2n) is 9.60. The van der Waals surface area contributed by atoms with E-state index in [2.05, 4.69) is 20.4 Å². The molecular formula is C29H56O2. The lowest BCUT2D eigenvalue weighted by Gasteiger charge is -2.16. The molecular weight excluding hydrogens is 380 g/mol. The Morgan fingerprint density at radius 3 is 1.45 bits per heavy atom. The van der Waals surface area contributed by atoms with E-state index >= 15 is 0 Å². The molecule has 0 amide bonds. The highest BCUT2D eigenvalue weighted by molar-refractivity contribution is 5.69. The highest BCUT2D eigenvalue weighted by Crippen LogP contribution is 2.23. The van der Waals surface area contributed by atoms with E-state index in [1.54, 1.807) is 0 Å². The van der Waals surface area contributed by atoms with Gasteiger partial charge >= 0.3 is 5.97 Å². The van der Waals surface area contributed by atoms with Gasteiger partial charge in [-0.1, -0.05) is 135 Å². The van der Waals surface area contributed by atoms with Gasteiger partial charge in [0.25, 0.3) is 0 Å². The van der Waals surface area contributed by atoms with Gasteiger partial charge in [0.05, 0.1) is 6.61 Å². The van der Waals surface area contributed by atoms with Crippen LogP contribution in [0, 0.1) is 5.92 Å². The van der Waals surface area contributed by atoms with Crippen molar-refractivity contribution in [1.29, 1.82) is 0 Å². The smallest absolute Gasteiger partial charge is 0.306 e. The number of carbonyl (C=O) groups is 1. The van der Waals surface area contributed by atoms with E-state index in [-0.39, 0.29) is 5.97 Å². The summed E-state index contributed by atoms with van der Waals surface area (Å²) in [5.74, 6) is 0.517. The molecule has 0 spiro atoms. The van der Waals surface area contributed by atoms with Crippen LogP contribution >= 0.6 is 0 Å². The Balaban J connectivity index is 3.93. The van der Waals surface area contributed by atoms with E-state index in [0.717, 1.165) is 6.42 Å². The molecule has 0 aliphatic rings. The van der Waals surface area contributed by atoms with Crippen molar-refractivity contribution in [3.63, 3.8) is 0 Å². The molecule has 184 valence electrons. The number of hydrogen-bond donors (Lipinski definition) is 0. The molecule has 0 N–H and O–H groups in total. The lowest BCUT2D eigenvalue weighted by molar-refractivity contribution is -0.144. The zero-order valence-corrected chi connectivity index (χ0v) is 21.4. The molecule has 2 heteroatoms. The molecule has 1 unspecified atom stereocenters. The second-order valence-corrected chi connectivity index (χ2v) is 9.60. The molecule has 0 fully saturated rings. The fraction of sp³-hybridized carbons (Fsp3) is 0.897. The summed E-state index contributed by atoms with van der Waals surface area (Å²) in [4.78, 5) is 12.2. The largest absolute Gasteiger partial charge is 0.465 e. The maximum atomic E-state index is 12.2. The van der Waals surface area contributed by atoms with Crippen molar-refractivity contribution < 1.29 is 9.53 Å². The number of unbranched alkanes of at least 4 members (excludes halogenated alkanes) is 16. The SMILES string of the molecule is C=CCCOC(=O)CC(CCCCCCCCCC)CCCCCCCCCCCC. The van der Waals surface area contributed by atoms with Gasteiger partial charge in [-0.05, 0) is 25.2 Å². The van der Waals surface area contributed by atoms with Crippen molar-refractivity contribution in [2.24, 2.45) is 5.92 Å². The van der Waals surface area contributed by atoms with Gasteiger partial charge in [-0.15, -0.1) is 6.58 Å². The Morgan fingerprint density at radius 1 is 0.677 bits per heavy atom. The van der Waals surface area contributed by atoms with Crippen LogP contribution in [-0.4, -0.2) is 12.6 Å². The predicted octanol–water partition coefficient (Wildman–Crippen LogP) is 9.95. The molecule has 0 radical (unpaired) electrons. The minimum Gasteiger partial charge on any atom is -0.465 e. The highest BCUT2D eigenvalue weighted by Gasteiger charge is 2.14. The van der Waals surface area contributed by atoms with Crippen LogP contribution in [0.15, 0.2) is 12.7 Å². The molecule has 0 bridgehead atoms. The van der Waals surface area contributed by atoms with Crippen LogP contribution in [0.5, 0.6) is 0 Å². The third-order valence-electron chi connectivity index (χ3n) is 6.47. The van der Waals surface area contributed by atoms with Crippen LogP contribution in [0.4, 0.5) is 0 Å². The number of carbonyl (C=O) groups excluding carboxylic acids is 1. The first-order chi connectivity index (χ1) is 15.2. The van der Waals surface area contributed by atoms with E-state index in [9.17, 15) is 4.79 Å². The molecule has 0 rings (SSSR count). The first-order valence-electron chi connectivity index (χ1n) is 14.0. The highest BCUT2D eigenvalue weighted by atomic mass is 16.5. The molecule has 0 aliphatic carbocycles. The van der Waals surface area contributed by atoms with Crippen LogP contribution in [0.25, 0.3) is 0 Å². The van der Waals surface area contributed by atoms with Crippen molar-refractivity contribution in [3.8, 4) is 0 Å². The van der Waals surface area contributed by atoms with Gasteiger partial charge in [0, 0.05) is 6.42 Å². The fourth-order valence-electron chi connectivity index (χ4n) is 4.39. The van der Waals surface area contributed by atoms with E-state index in [1.807, 2.05) is 6.08 Å². The molecule has 0 heterocycles. The third-order valence-corrected chi connectivity index (χ3v) is 6.47. The summed E-state index contributed by atoms with van der Waals surface area (Å²) >= 11 is 0. The van der Waals surface area contributed by atoms with Crippen LogP contribution < -0.4 is 0 Å². The number of ether oxygens (including phenoxy) is 1. The molecule has 0 aliphatic heterocycles. The average Bonchev–Trinajstić information content (AvgIpc) is 2.76. The van der Waals surface area contributed by atoms with Crippen LogP contribution in [-0.2, 0) is 9.53 Å². The zero-order chi connectivity index (χ0) is 22.8. The fourth-order valence-corrected chi connectivity index (χ4v) is 4.39. The lowest BCUT2D eigenvalue weighted by atomic mass is 9.91. The van der Waals surface area contributed by atoms with Gasteiger partial charge in [0.2, 0.25) is 0 Å². The minimum atomic E-state index is -0.00139. The Hall–Kier alpha value is -0.790. The van der Waals surface area contributed by atoms with Gasteiger partial charge in [0.15, 0.2) is 0 Å². The molecule has 0 saturated carbocycles. The summed E-state index contributed by atoms with van der Waals surface area (Å²) in [5, 5.41) is 0. The maximum Gasteiger partial charge on any atom is 0.306 e. The van der Waals surface area contributed by atoms with Gasteiger partial charge in [0.1, 0.15) is 0 Å². The van der Waals surface area contributed by atoms with Gasteiger partial charge in [-0.25, -0.2) is 0 Å². The maximum absolute atomic E-state index is 12.2. The molecule has 0 aromatic heterocycles. The summed E-state index contributed by atoms with van der Waals surface area (Å²) in [6.07, 6.45) is 30.2. The van der Waals surface area contributed by atoms with Crippen molar-refractivity contribution in [2.45, 2.75) is 155 Å². The Kier molecular flexibility index (Phi) is 24.8. The van der Waals surface area contributed by atoms with E-state index in [4.69, 9.17) is 4.74 Å². The summed E-state index contributed by atoms with van der Waals surface area (Å²) in [6.45, 7) is 8.74. The lowest BCUT2D eigenvalue weighted by Crippen LogP contribution is -2.12. The number of hydrogen-bond acceptors (Lipinski definition) is 2. The molecule has 0 aromatic carbocycles. The van der Waals surface area contributed by atoms with Crippen LogP contribution in [0.1, 0.15) is 155 Å². The number of rotatable bonds is 25. The monoisotopic (exact) mass is 436 g/mol. The molecule has 0 saturated heterocycles. The average molecular weight is 437 g/mol. The zero-order valence-electron chi connectivity index (χ0n) is 21.4. The third kappa shape index (κ3) is 23.7. The Labute approximate surface area is 196 Å².